The van der Waals surface area contributed by atoms with Crippen LogP contribution in [-0.4, -0.2) is 23.0 Å². The minimum absolute atomic E-state index is 0.136. The van der Waals surface area contributed by atoms with Gasteiger partial charge in [-0.1, -0.05) is 17.8 Å². The average molecular weight is 252 g/mol. The van der Waals surface area contributed by atoms with Gasteiger partial charge >= 0.3 is 0 Å². The van der Waals surface area contributed by atoms with Gasteiger partial charge in [0, 0.05) is 18.7 Å². The number of anilines is 1. The third kappa shape index (κ3) is 4.91. The lowest BCUT2D eigenvalue weighted by Crippen LogP contribution is -1.95. The number of carbonyl (C=O) groups excluding carboxylic acids is 1. The van der Waals surface area contributed by atoms with Gasteiger partial charge in [0.2, 0.25) is 5.88 Å². The molecule has 5 heteroatoms. The molecule has 0 aliphatic carbocycles. The summed E-state index contributed by atoms with van der Waals surface area (Å²) in [4.78, 5) is 14.9. The maximum absolute atomic E-state index is 10.7. The van der Waals surface area contributed by atoms with Gasteiger partial charge in [-0.05, 0) is 18.6 Å². The smallest absolute Gasteiger partial charge is 0.213 e. The van der Waals surface area contributed by atoms with Crippen LogP contribution in [-0.2, 0) is 4.79 Å². The van der Waals surface area contributed by atoms with Gasteiger partial charge in [0.15, 0.2) is 5.12 Å². The number of nitrogens with two attached hydrogens (primary N) is 1. The molecule has 0 radical (unpaired) electrons. The fourth-order valence-electron chi connectivity index (χ4n) is 1.18. The third-order valence-corrected chi connectivity index (χ3v) is 2.85. The molecule has 0 unspecified atom stereocenters. The van der Waals surface area contributed by atoms with Crippen LogP contribution in [0.25, 0.3) is 6.08 Å². The molecule has 0 fully saturated rings. The number of thioether (sulfide) groups is 1. The number of nitrogen functional groups attached to an aromatic ring is 1. The molecule has 1 aromatic rings. The molecule has 0 spiro atoms. The second kappa shape index (κ2) is 6.96. The zero-order chi connectivity index (χ0) is 12.7. The quantitative estimate of drug-likeness (QED) is 0.815. The Morgan fingerprint density at radius 3 is 3.00 bits per heavy atom. The zero-order valence-electron chi connectivity index (χ0n) is 9.97. The zero-order valence-corrected chi connectivity index (χ0v) is 10.8. The Labute approximate surface area is 105 Å². The lowest BCUT2D eigenvalue weighted by atomic mass is 10.2. The molecule has 2 N–H and O–H groups in total. The first-order valence-electron chi connectivity index (χ1n) is 5.24. The van der Waals surface area contributed by atoms with E-state index >= 15 is 0 Å². The van der Waals surface area contributed by atoms with Crippen molar-refractivity contribution in [2.24, 2.45) is 0 Å². The van der Waals surface area contributed by atoms with E-state index in [2.05, 4.69) is 4.98 Å². The molecule has 1 rings (SSSR count). The van der Waals surface area contributed by atoms with E-state index < -0.39 is 0 Å². The Kier molecular flexibility index (Phi) is 5.56. The fourth-order valence-corrected chi connectivity index (χ4v) is 1.72. The van der Waals surface area contributed by atoms with Gasteiger partial charge in [-0.3, -0.25) is 4.79 Å². The summed E-state index contributed by atoms with van der Waals surface area (Å²) in [6.45, 7) is 1.57. The predicted molar refractivity (Wildman–Crippen MR) is 72.0 cm³/mol. The number of rotatable bonds is 5. The number of hydrogen-bond donors (Lipinski definition) is 1. The van der Waals surface area contributed by atoms with E-state index in [1.165, 1.54) is 11.8 Å². The van der Waals surface area contributed by atoms with Crippen molar-refractivity contribution in [2.45, 2.75) is 13.3 Å². The summed E-state index contributed by atoms with van der Waals surface area (Å²) >= 11 is 1.31. The maximum atomic E-state index is 10.7. The second-order valence-corrected chi connectivity index (χ2v) is 4.63. The molecule has 17 heavy (non-hydrogen) atoms. The molecule has 0 amide bonds. The topological polar surface area (TPSA) is 65.2 Å². The van der Waals surface area contributed by atoms with E-state index in [4.69, 9.17) is 10.5 Å². The SMILES string of the molecule is COc1ccc(N)c(C=CCCSC(C)=O)n1. The number of aromatic nitrogens is 1. The van der Waals surface area contributed by atoms with Crippen LogP contribution in [0.5, 0.6) is 5.88 Å². The molecule has 92 valence electrons. The number of allylic oxidation sites excluding steroid dienone is 1. The molecule has 0 bridgehead atoms. The molecule has 0 aromatic carbocycles. The van der Waals surface area contributed by atoms with Crippen molar-refractivity contribution in [1.29, 1.82) is 0 Å². The largest absolute Gasteiger partial charge is 0.481 e. The van der Waals surface area contributed by atoms with Crippen molar-refractivity contribution >= 4 is 28.6 Å². The van der Waals surface area contributed by atoms with Gasteiger partial charge in [0.1, 0.15) is 0 Å². The Morgan fingerprint density at radius 2 is 2.35 bits per heavy atom. The van der Waals surface area contributed by atoms with E-state index in [-0.39, 0.29) is 5.12 Å². The lowest BCUT2D eigenvalue weighted by Gasteiger charge is -2.02. The minimum Gasteiger partial charge on any atom is -0.481 e. The number of pyridine rings is 1. The summed E-state index contributed by atoms with van der Waals surface area (Å²) in [7, 11) is 1.56. The summed E-state index contributed by atoms with van der Waals surface area (Å²) in [6.07, 6.45) is 4.61. The second-order valence-electron chi connectivity index (χ2n) is 3.36. The molecule has 0 aliphatic heterocycles. The van der Waals surface area contributed by atoms with Crippen LogP contribution in [0.3, 0.4) is 0 Å². The molecule has 1 aromatic heterocycles. The van der Waals surface area contributed by atoms with Crippen LogP contribution in [0, 0.1) is 0 Å². The van der Waals surface area contributed by atoms with Crippen LogP contribution in [0.15, 0.2) is 18.2 Å². The Hall–Kier alpha value is -1.49. The monoisotopic (exact) mass is 252 g/mol. The number of hydrogen-bond acceptors (Lipinski definition) is 5. The van der Waals surface area contributed by atoms with Gasteiger partial charge in [0.25, 0.3) is 0 Å². The highest BCUT2D eigenvalue weighted by Gasteiger charge is 1.99. The molecule has 0 saturated heterocycles. The lowest BCUT2D eigenvalue weighted by molar-refractivity contribution is -0.109. The highest BCUT2D eigenvalue weighted by molar-refractivity contribution is 8.13. The summed E-state index contributed by atoms with van der Waals surface area (Å²) in [5, 5.41) is 0.136. The minimum atomic E-state index is 0.136. The van der Waals surface area contributed by atoms with Gasteiger partial charge in [-0.2, -0.15) is 0 Å². The summed E-state index contributed by atoms with van der Waals surface area (Å²) in [6, 6.07) is 3.48. The highest BCUT2D eigenvalue weighted by atomic mass is 32.2. The Morgan fingerprint density at radius 1 is 1.59 bits per heavy atom. The van der Waals surface area contributed by atoms with Gasteiger partial charge < -0.3 is 10.5 Å². The molecule has 0 aliphatic rings. The first kappa shape index (κ1) is 13.6. The Bertz CT molecular complexity index is 419. The standard InChI is InChI=1S/C12H16N2O2S/c1-9(15)17-8-4-3-5-11-10(13)6-7-12(14-11)16-2/h3,5-7H,4,8,13H2,1-2H3. The van der Waals surface area contributed by atoms with E-state index in [1.807, 2.05) is 12.2 Å². The van der Waals surface area contributed by atoms with E-state index in [1.54, 1.807) is 26.2 Å². The average Bonchev–Trinajstić information content (AvgIpc) is 2.30. The van der Waals surface area contributed by atoms with Gasteiger partial charge in [-0.25, -0.2) is 4.98 Å². The van der Waals surface area contributed by atoms with Crippen molar-refractivity contribution in [3.63, 3.8) is 0 Å². The molecular weight excluding hydrogens is 236 g/mol. The van der Waals surface area contributed by atoms with Crippen molar-refractivity contribution in [1.82, 2.24) is 4.98 Å². The van der Waals surface area contributed by atoms with Crippen molar-refractivity contribution in [2.75, 3.05) is 18.6 Å². The predicted octanol–water partition coefficient (Wildman–Crippen LogP) is 2.36. The van der Waals surface area contributed by atoms with Crippen LogP contribution in [0.2, 0.25) is 0 Å². The molecule has 1 heterocycles. The molecular formula is C12H16N2O2S. The summed E-state index contributed by atoms with van der Waals surface area (Å²) in [5.41, 5.74) is 7.08. The van der Waals surface area contributed by atoms with E-state index in [0.717, 1.165) is 12.2 Å². The summed E-state index contributed by atoms with van der Waals surface area (Å²) < 4.78 is 5.02. The maximum Gasteiger partial charge on any atom is 0.213 e. The number of ether oxygens (including phenoxy) is 1. The molecule has 0 atom stereocenters. The number of nitrogens with zero attached hydrogens (tertiary/aromatic N) is 1. The Balaban J connectivity index is 2.55. The van der Waals surface area contributed by atoms with Crippen molar-refractivity contribution < 1.29 is 9.53 Å². The first-order chi connectivity index (χ1) is 8.13. The third-order valence-electron chi connectivity index (χ3n) is 2.01. The van der Waals surface area contributed by atoms with Crippen molar-refractivity contribution in [3.05, 3.63) is 23.9 Å². The normalized spacial score (nSPS) is 10.7. The molecule has 0 saturated carbocycles. The van der Waals surface area contributed by atoms with Crippen molar-refractivity contribution in [3.8, 4) is 5.88 Å². The van der Waals surface area contributed by atoms with E-state index in [0.29, 0.717) is 17.3 Å². The van der Waals surface area contributed by atoms with E-state index in [9.17, 15) is 4.79 Å². The van der Waals surface area contributed by atoms with Gasteiger partial charge in [0.05, 0.1) is 18.5 Å². The van der Waals surface area contributed by atoms with Crippen LogP contribution in [0.4, 0.5) is 5.69 Å². The first-order valence-corrected chi connectivity index (χ1v) is 6.22. The van der Waals surface area contributed by atoms with Gasteiger partial charge in [-0.15, -0.1) is 0 Å². The molecule has 4 nitrogen and oxygen atoms in total. The number of carbonyl (C=O) groups is 1. The fraction of sp³-hybridized carbons (Fsp3) is 0.333. The van der Waals surface area contributed by atoms with Crippen LogP contribution < -0.4 is 10.5 Å². The number of methoxy groups -OCH3 is 1. The van der Waals surface area contributed by atoms with Crippen LogP contribution >= 0.6 is 11.8 Å². The summed E-state index contributed by atoms with van der Waals surface area (Å²) in [5.74, 6) is 1.31. The highest BCUT2D eigenvalue weighted by Crippen LogP contribution is 2.16. The van der Waals surface area contributed by atoms with Crippen LogP contribution in [0.1, 0.15) is 19.0 Å².